The lowest BCUT2D eigenvalue weighted by atomic mass is 9.50. The number of carbonyl (C=O) groups excluding carboxylic acids is 1. The Hall–Kier alpha value is -1.52. The summed E-state index contributed by atoms with van der Waals surface area (Å²) in [4.78, 5) is 16.8. The summed E-state index contributed by atoms with van der Waals surface area (Å²) in [5, 5.41) is 3.66. The number of pyridine rings is 1. The van der Waals surface area contributed by atoms with E-state index in [-0.39, 0.29) is 18.1 Å². The zero-order valence-corrected chi connectivity index (χ0v) is 16.5. The number of fused-ring (bicyclic) bond motifs is 2. The molecule has 150 valence electrons. The number of hydrogen-bond acceptors (Lipinski definition) is 3. The van der Waals surface area contributed by atoms with Crippen molar-refractivity contribution in [2.45, 2.75) is 99.8 Å². The Labute approximate surface area is 164 Å². The first-order valence-corrected chi connectivity index (χ1v) is 11.0. The van der Waals surface area contributed by atoms with Crippen LogP contribution in [0.1, 0.15) is 105 Å². The minimum Gasteiger partial charge on any atom is -0.378 e. The molecule has 1 N–H and O–H groups in total. The molecule has 0 radical (unpaired) electrons. The first-order chi connectivity index (χ1) is 13.3. The van der Waals surface area contributed by atoms with E-state index in [9.17, 15) is 4.79 Å². The van der Waals surface area contributed by atoms with Gasteiger partial charge in [0.15, 0.2) is 5.78 Å². The normalized spacial score (nSPS) is 45.2. The van der Waals surface area contributed by atoms with E-state index >= 15 is 8.78 Å². The summed E-state index contributed by atoms with van der Waals surface area (Å²) < 4.78 is 30.8. The SMILES string of the molecule is CC(=O)c1ncc(NC23CC4CC(F)(CC(F)(C4)C2)C3)c2c1C1CCC2CC1. The van der Waals surface area contributed by atoms with Crippen LogP contribution in [0.25, 0.3) is 0 Å². The number of aromatic nitrogens is 1. The summed E-state index contributed by atoms with van der Waals surface area (Å²) in [7, 11) is 0. The fraction of sp³-hybridized carbons (Fsp3) is 0.739. The summed E-state index contributed by atoms with van der Waals surface area (Å²) >= 11 is 0. The lowest BCUT2D eigenvalue weighted by molar-refractivity contribution is -0.137. The highest BCUT2D eigenvalue weighted by atomic mass is 19.2. The maximum atomic E-state index is 15.4. The van der Waals surface area contributed by atoms with Crippen molar-refractivity contribution in [2.24, 2.45) is 5.92 Å². The molecule has 28 heavy (non-hydrogen) atoms. The molecule has 5 heteroatoms. The fourth-order valence-electron chi connectivity index (χ4n) is 8.07. The highest BCUT2D eigenvalue weighted by Gasteiger charge is 2.65. The van der Waals surface area contributed by atoms with Crippen LogP contribution in [0.2, 0.25) is 0 Å². The van der Waals surface area contributed by atoms with Crippen LogP contribution in [0, 0.1) is 5.92 Å². The minimum atomic E-state index is -1.37. The monoisotopic (exact) mass is 386 g/mol. The predicted octanol–water partition coefficient (Wildman–Crippen LogP) is 5.60. The molecule has 5 fully saturated rings. The van der Waals surface area contributed by atoms with Crippen LogP contribution in [0.5, 0.6) is 0 Å². The molecule has 5 saturated carbocycles. The minimum absolute atomic E-state index is 0.0237. The van der Waals surface area contributed by atoms with E-state index in [2.05, 4.69) is 10.3 Å². The van der Waals surface area contributed by atoms with Gasteiger partial charge in [-0.3, -0.25) is 9.78 Å². The molecule has 2 atom stereocenters. The molecule has 7 aliphatic rings. The van der Waals surface area contributed by atoms with Crippen LogP contribution in [0.4, 0.5) is 14.5 Å². The van der Waals surface area contributed by atoms with Crippen molar-refractivity contribution in [3.63, 3.8) is 0 Å². The maximum Gasteiger partial charge on any atom is 0.178 e. The number of rotatable bonds is 3. The molecule has 0 aliphatic heterocycles. The quantitative estimate of drug-likeness (QED) is 0.687. The van der Waals surface area contributed by atoms with Gasteiger partial charge in [-0.15, -0.1) is 0 Å². The molecule has 0 amide bonds. The van der Waals surface area contributed by atoms with Crippen LogP contribution < -0.4 is 5.32 Å². The van der Waals surface area contributed by atoms with Crippen molar-refractivity contribution in [3.8, 4) is 0 Å². The molecule has 0 spiro atoms. The second-order valence-electron chi connectivity index (χ2n) is 10.7. The zero-order chi connectivity index (χ0) is 19.3. The van der Waals surface area contributed by atoms with E-state index in [0.717, 1.165) is 43.4 Å². The van der Waals surface area contributed by atoms with Gasteiger partial charge in [0.25, 0.3) is 0 Å². The van der Waals surface area contributed by atoms with Gasteiger partial charge in [0, 0.05) is 31.7 Å². The zero-order valence-electron chi connectivity index (χ0n) is 16.5. The molecule has 1 aromatic heterocycles. The number of hydrogen-bond donors (Lipinski definition) is 1. The van der Waals surface area contributed by atoms with Crippen LogP contribution >= 0.6 is 0 Å². The molecule has 3 nitrogen and oxygen atoms in total. The number of nitrogens with zero attached hydrogens (tertiary/aromatic N) is 1. The first-order valence-electron chi connectivity index (χ1n) is 11.0. The van der Waals surface area contributed by atoms with Crippen molar-refractivity contribution < 1.29 is 13.6 Å². The number of halogens is 2. The summed E-state index contributed by atoms with van der Waals surface area (Å²) in [6.07, 6.45) is 9.08. The van der Waals surface area contributed by atoms with Gasteiger partial charge in [0.1, 0.15) is 17.0 Å². The molecule has 6 bridgehead atoms. The van der Waals surface area contributed by atoms with Crippen LogP contribution in [0.3, 0.4) is 0 Å². The third kappa shape index (κ3) is 2.37. The van der Waals surface area contributed by atoms with Crippen molar-refractivity contribution >= 4 is 11.5 Å². The van der Waals surface area contributed by atoms with Gasteiger partial charge in [-0.25, -0.2) is 8.78 Å². The Kier molecular flexibility index (Phi) is 3.31. The number of alkyl halides is 2. The lowest BCUT2D eigenvalue weighted by Crippen LogP contribution is -2.65. The number of anilines is 1. The Morgan fingerprint density at radius 1 is 1.00 bits per heavy atom. The molecular weight excluding hydrogens is 358 g/mol. The average Bonchev–Trinajstić information content (AvgIpc) is 2.59. The Morgan fingerprint density at radius 2 is 1.61 bits per heavy atom. The second-order valence-corrected chi connectivity index (χ2v) is 10.7. The Morgan fingerprint density at radius 3 is 2.18 bits per heavy atom. The standard InChI is InChI=1S/C23H28F2N2O/c1-13(28)20-19-16-4-2-15(3-5-16)18(19)17(9-26-20)27-23-8-14-6-21(24,11-23)10-22(25,7-14)12-23/h9,14-16,27H,2-8,10-12H2,1H3. The van der Waals surface area contributed by atoms with Crippen molar-refractivity contribution in [1.82, 2.24) is 4.98 Å². The van der Waals surface area contributed by atoms with Crippen molar-refractivity contribution in [2.75, 3.05) is 5.32 Å². The number of ketones is 1. The number of nitrogens with one attached hydrogen (secondary N) is 1. The van der Waals surface area contributed by atoms with Crippen LogP contribution in [-0.2, 0) is 0 Å². The fourth-order valence-corrected chi connectivity index (χ4v) is 8.07. The van der Waals surface area contributed by atoms with E-state index in [1.165, 1.54) is 5.56 Å². The first kappa shape index (κ1) is 17.3. The molecule has 7 aliphatic carbocycles. The van der Waals surface area contributed by atoms with Gasteiger partial charge >= 0.3 is 0 Å². The largest absolute Gasteiger partial charge is 0.378 e. The summed E-state index contributed by atoms with van der Waals surface area (Å²) in [5.41, 5.74) is 0.689. The third-order valence-electron chi connectivity index (χ3n) is 8.37. The molecular formula is C23H28F2N2O. The van der Waals surface area contributed by atoms with E-state index in [0.29, 0.717) is 43.2 Å². The van der Waals surface area contributed by atoms with Gasteiger partial charge in [0.2, 0.25) is 0 Å². The van der Waals surface area contributed by atoms with E-state index in [1.807, 2.05) is 0 Å². The van der Waals surface area contributed by atoms with Gasteiger partial charge in [-0.1, -0.05) is 0 Å². The van der Waals surface area contributed by atoms with Gasteiger partial charge in [-0.2, -0.15) is 0 Å². The van der Waals surface area contributed by atoms with Crippen LogP contribution in [-0.4, -0.2) is 27.6 Å². The second kappa shape index (κ2) is 5.34. The van der Waals surface area contributed by atoms with E-state index < -0.39 is 16.9 Å². The predicted molar refractivity (Wildman–Crippen MR) is 103 cm³/mol. The topological polar surface area (TPSA) is 42.0 Å². The lowest BCUT2D eigenvalue weighted by Gasteiger charge is -2.61. The number of carbonyl (C=O) groups is 1. The van der Waals surface area contributed by atoms with Gasteiger partial charge in [0.05, 0.1) is 11.9 Å². The highest BCUT2D eigenvalue weighted by Crippen LogP contribution is 2.63. The molecule has 0 aromatic carbocycles. The highest BCUT2D eigenvalue weighted by molar-refractivity contribution is 5.95. The molecule has 1 heterocycles. The number of Topliss-reactive ketones (excluding diaryl/α,β-unsaturated/α-hetero) is 1. The van der Waals surface area contributed by atoms with E-state index in [4.69, 9.17) is 0 Å². The van der Waals surface area contributed by atoms with Crippen molar-refractivity contribution in [1.29, 1.82) is 0 Å². The smallest absolute Gasteiger partial charge is 0.178 e. The average molecular weight is 386 g/mol. The summed E-state index contributed by atoms with van der Waals surface area (Å²) in [5.74, 6) is 1.01. The molecule has 1 aromatic rings. The summed E-state index contributed by atoms with van der Waals surface area (Å²) in [6, 6.07) is 0. The van der Waals surface area contributed by atoms with E-state index in [1.54, 1.807) is 13.1 Å². The molecule has 8 rings (SSSR count). The van der Waals surface area contributed by atoms with Crippen LogP contribution in [0.15, 0.2) is 6.20 Å². The molecule has 0 saturated heterocycles. The maximum absolute atomic E-state index is 15.4. The van der Waals surface area contributed by atoms with Gasteiger partial charge in [-0.05, 0) is 73.8 Å². The van der Waals surface area contributed by atoms with Gasteiger partial charge < -0.3 is 5.32 Å². The summed E-state index contributed by atoms with van der Waals surface area (Å²) in [6.45, 7) is 1.59. The van der Waals surface area contributed by atoms with Crippen molar-refractivity contribution in [3.05, 3.63) is 23.0 Å². The third-order valence-corrected chi connectivity index (χ3v) is 8.37. The Bertz CT molecular complexity index is 858. The Balaban J connectivity index is 1.44. The molecule has 2 unspecified atom stereocenters.